The fourth-order valence-electron chi connectivity index (χ4n) is 4.15. The molecule has 206 valence electrons. The van der Waals surface area contributed by atoms with Crippen molar-refractivity contribution in [2.45, 2.75) is 22.8 Å². The van der Waals surface area contributed by atoms with Gasteiger partial charge in [0.1, 0.15) is 21.7 Å². The lowest BCUT2D eigenvalue weighted by molar-refractivity contribution is -0.140. The number of rotatable bonds is 6. The van der Waals surface area contributed by atoms with Crippen LogP contribution in [-0.2, 0) is 17.4 Å². The lowest BCUT2D eigenvalue weighted by Crippen LogP contribution is -2.18. The summed E-state index contributed by atoms with van der Waals surface area (Å²) in [7, 11) is 0. The second kappa shape index (κ2) is 10.4. The van der Waals surface area contributed by atoms with Crippen molar-refractivity contribution >= 4 is 69.5 Å². The number of alkyl halides is 5. The number of carbonyl (C=O) groups excluding carboxylic acids is 2. The van der Waals surface area contributed by atoms with Gasteiger partial charge in [0.2, 0.25) is 5.91 Å². The quantitative estimate of drug-likeness (QED) is 0.126. The van der Waals surface area contributed by atoms with Gasteiger partial charge in [-0.05, 0) is 41.5 Å². The predicted molar refractivity (Wildman–Crippen MR) is 136 cm³/mol. The van der Waals surface area contributed by atoms with E-state index in [1.165, 1.54) is 12.1 Å². The van der Waals surface area contributed by atoms with Crippen LogP contribution < -0.4 is 11.1 Å². The highest BCUT2D eigenvalue weighted by atomic mass is 35.5. The van der Waals surface area contributed by atoms with Crippen LogP contribution in [0.25, 0.3) is 0 Å². The van der Waals surface area contributed by atoms with Gasteiger partial charge in [-0.3, -0.25) is 9.59 Å². The van der Waals surface area contributed by atoms with Gasteiger partial charge in [0.25, 0.3) is 0 Å². The summed E-state index contributed by atoms with van der Waals surface area (Å²) in [6, 6.07) is 6.55. The molecular formula is C25H14Cl4F6N2O2. The van der Waals surface area contributed by atoms with Gasteiger partial charge in [0.05, 0.1) is 32.8 Å². The second-order valence-electron chi connectivity index (χ2n) is 8.67. The first-order valence-corrected chi connectivity index (χ1v) is 12.4. The first kappa shape index (κ1) is 29.3. The summed E-state index contributed by atoms with van der Waals surface area (Å²) in [4.78, 5) is 25.9. The zero-order valence-corrected chi connectivity index (χ0v) is 22.1. The Morgan fingerprint density at radius 1 is 0.974 bits per heavy atom. The molecule has 39 heavy (non-hydrogen) atoms. The van der Waals surface area contributed by atoms with Gasteiger partial charge >= 0.3 is 6.18 Å². The number of hydrogen-bond acceptors (Lipinski definition) is 3. The maximum Gasteiger partial charge on any atom is 0.419 e. The molecule has 0 saturated heterocycles. The number of amides is 1. The van der Waals surface area contributed by atoms with E-state index in [0.29, 0.717) is 12.1 Å². The summed E-state index contributed by atoms with van der Waals surface area (Å²) in [5.41, 5.74) is 2.25. The number of nitrogen functional groups attached to an aromatic ring is 1. The van der Waals surface area contributed by atoms with Crippen LogP contribution in [0.1, 0.15) is 33.0 Å². The van der Waals surface area contributed by atoms with Gasteiger partial charge in [0.15, 0.2) is 11.6 Å². The Balaban J connectivity index is 1.58. The molecule has 4 rings (SSSR count). The van der Waals surface area contributed by atoms with Crippen LogP contribution in [0.2, 0.25) is 10.0 Å². The Labute approximate surface area is 237 Å². The van der Waals surface area contributed by atoms with Crippen LogP contribution in [0.3, 0.4) is 0 Å². The Morgan fingerprint density at radius 2 is 1.62 bits per heavy atom. The predicted octanol–water partition coefficient (Wildman–Crippen LogP) is 7.96. The molecule has 0 radical (unpaired) electrons. The van der Waals surface area contributed by atoms with Crippen molar-refractivity contribution in [3.05, 3.63) is 92.2 Å². The molecule has 2 unspecified atom stereocenters. The van der Waals surface area contributed by atoms with Crippen LogP contribution in [0, 0.1) is 23.4 Å². The molecule has 2 atom stereocenters. The number of nitrogens with one attached hydrogen (secondary N) is 1. The van der Waals surface area contributed by atoms with Gasteiger partial charge in [-0.1, -0.05) is 35.3 Å². The average molecular weight is 630 g/mol. The topological polar surface area (TPSA) is 72.2 Å². The van der Waals surface area contributed by atoms with E-state index in [-0.39, 0.29) is 32.4 Å². The normalized spacial score (nSPS) is 18.1. The van der Waals surface area contributed by atoms with Gasteiger partial charge in [-0.2, -0.15) is 13.2 Å². The molecule has 3 aromatic rings. The highest BCUT2D eigenvalue weighted by Gasteiger charge is 2.67. The molecule has 14 heteroatoms. The molecule has 0 spiro atoms. The molecule has 1 amide bonds. The summed E-state index contributed by atoms with van der Waals surface area (Å²) in [6.07, 6.45) is -5.59. The zero-order chi connectivity index (χ0) is 29.0. The molecule has 3 N–H and O–H groups in total. The van der Waals surface area contributed by atoms with Crippen LogP contribution in [-0.4, -0.2) is 16.0 Å². The fraction of sp³-hybridized carbons (Fsp3) is 0.200. The summed E-state index contributed by atoms with van der Waals surface area (Å²) >= 11 is 24.8. The van der Waals surface area contributed by atoms with Crippen molar-refractivity contribution in [3.8, 4) is 0 Å². The first-order chi connectivity index (χ1) is 18.1. The third-order valence-corrected chi connectivity index (χ3v) is 7.82. The van der Waals surface area contributed by atoms with Crippen LogP contribution in [0.5, 0.6) is 0 Å². The minimum absolute atomic E-state index is 0.118. The number of halogens is 10. The molecule has 1 fully saturated rings. The maximum absolute atomic E-state index is 14.3. The standard InChI is InChI=1S/C25H14Cl4F6N2O2/c26-12-3-6-15(20(27)17(12)16(38)8-10-2-5-14(31)22(36)21(10)32)37-23(39)19-18(24(19,28)29)9-1-4-13(30)11(7-9)25(33,34)35/h1-7,18-19H,8,36H2,(H,37,39). The summed E-state index contributed by atoms with van der Waals surface area (Å²) in [6.45, 7) is 0. The lowest BCUT2D eigenvalue weighted by atomic mass is 10.0. The van der Waals surface area contributed by atoms with Crippen molar-refractivity contribution < 1.29 is 35.9 Å². The molecule has 1 saturated carbocycles. The molecule has 0 aromatic heterocycles. The molecule has 1 aliphatic carbocycles. The number of nitrogens with two attached hydrogens (primary N) is 1. The first-order valence-electron chi connectivity index (χ1n) is 10.8. The minimum atomic E-state index is -4.99. The van der Waals surface area contributed by atoms with Crippen molar-refractivity contribution in [3.63, 3.8) is 0 Å². The van der Waals surface area contributed by atoms with Crippen molar-refractivity contribution in [1.29, 1.82) is 0 Å². The van der Waals surface area contributed by atoms with Gasteiger partial charge in [-0.15, -0.1) is 23.2 Å². The maximum atomic E-state index is 14.3. The number of benzene rings is 3. The van der Waals surface area contributed by atoms with Crippen LogP contribution in [0.15, 0.2) is 42.5 Å². The monoisotopic (exact) mass is 628 g/mol. The zero-order valence-electron chi connectivity index (χ0n) is 19.1. The Hall–Kier alpha value is -2.66. The molecule has 0 aliphatic heterocycles. The van der Waals surface area contributed by atoms with E-state index in [1.807, 2.05) is 0 Å². The van der Waals surface area contributed by atoms with Gasteiger partial charge in [0, 0.05) is 12.3 Å². The fourth-order valence-corrected chi connectivity index (χ4v) is 5.61. The van der Waals surface area contributed by atoms with Gasteiger partial charge in [-0.25, -0.2) is 13.2 Å². The summed E-state index contributed by atoms with van der Waals surface area (Å²) in [5, 5.41) is 1.94. The number of hydrogen-bond donors (Lipinski definition) is 2. The highest BCUT2D eigenvalue weighted by Crippen LogP contribution is 2.65. The molecule has 3 aromatic carbocycles. The van der Waals surface area contributed by atoms with E-state index in [1.54, 1.807) is 0 Å². The minimum Gasteiger partial charge on any atom is -0.394 e. The number of Topliss-reactive ketones (excluding diaryl/α,β-unsaturated/α-hetero) is 1. The third kappa shape index (κ3) is 5.52. The number of anilines is 2. The van der Waals surface area contributed by atoms with E-state index in [4.69, 9.17) is 52.1 Å². The Morgan fingerprint density at radius 3 is 2.26 bits per heavy atom. The van der Waals surface area contributed by atoms with Gasteiger partial charge < -0.3 is 11.1 Å². The van der Waals surface area contributed by atoms with E-state index in [2.05, 4.69) is 5.32 Å². The molecular weight excluding hydrogens is 616 g/mol. The lowest BCUT2D eigenvalue weighted by Gasteiger charge is -2.13. The largest absolute Gasteiger partial charge is 0.419 e. The molecule has 1 aliphatic rings. The summed E-state index contributed by atoms with van der Waals surface area (Å²) < 4.78 is 79.1. The third-order valence-electron chi connectivity index (χ3n) is 6.18. The van der Waals surface area contributed by atoms with E-state index in [9.17, 15) is 35.9 Å². The second-order valence-corrected chi connectivity index (χ2v) is 10.9. The smallest absolute Gasteiger partial charge is 0.394 e. The molecule has 0 bridgehead atoms. The Kier molecular flexibility index (Phi) is 7.81. The Bertz CT molecular complexity index is 1510. The van der Waals surface area contributed by atoms with Crippen molar-refractivity contribution in [2.75, 3.05) is 11.1 Å². The number of ketones is 1. The van der Waals surface area contributed by atoms with E-state index in [0.717, 1.165) is 18.2 Å². The van der Waals surface area contributed by atoms with E-state index >= 15 is 0 Å². The van der Waals surface area contributed by atoms with Crippen molar-refractivity contribution in [1.82, 2.24) is 0 Å². The molecule has 0 heterocycles. The SMILES string of the molecule is Nc1c(F)ccc(CC(=O)c2c(Cl)ccc(NC(=O)C3C(c4ccc(F)c(C(F)(F)F)c4)C3(Cl)Cl)c2Cl)c1F. The summed E-state index contributed by atoms with van der Waals surface area (Å²) in [5.74, 6) is -7.68. The highest BCUT2D eigenvalue weighted by molar-refractivity contribution is 6.53. The number of carbonyl (C=O) groups is 2. The average Bonchev–Trinajstić information content (AvgIpc) is 3.42. The van der Waals surface area contributed by atoms with Crippen molar-refractivity contribution in [2.24, 2.45) is 5.92 Å². The van der Waals surface area contributed by atoms with E-state index < -0.39 is 69.2 Å². The van der Waals surface area contributed by atoms with Crippen LogP contribution >= 0.6 is 46.4 Å². The molecule has 4 nitrogen and oxygen atoms in total. The van der Waals surface area contributed by atoms with Crippen LogP contribution in [0.4, 0.5) is 37.7 Å².